The Morgan fingerprint density at radius 2 is 2.03 bits per heavy atom. The molecule has 7 nitrogen and oxygen atoms in total. The maximum absolute atomic E-state index is 11.9. The fraction of sp³-hybridized carbons (Fsp3) is 0.818. The first-order valence-corrected chi connectivity index (χ1v) is 11.5. The normalized spacial score (nSPS) is 30.7. The average molecular weight is 403 g/mol. The smallest absolute Gasteiger partial charge is 0.409 e. The number of ether oxygens (including phenoxy) is 1. The van der Waals surface area contributed by atoms with Crippen molar-refractivity contribution in [1.29, 1.82) is 0 Å². The summed E-state index contributed by atoms with van der Waals surface area (Å²) in [6.07, 6.45) is 12.1. The van der Waals surface area contributed by atoms with Gasteiger partial charge in [0.1, 0.15) is 5.76 Å². The molecule has 1 aromatic rings. The third kappa shape index (κ3) is 3.67. The molecule has 4 fully saturated rings. The Balaban J connectivity index is 1.11. The number of hydrogen-bond donors (Lipinski definition) is 0. The lowest BCUT2D eigenvalue weighted by molar-refractivity contribution is -0.00509. The molecule has 1 aliphatic carbocycles. The van der Waals surface area contributed by atoms with Gasteiger partial charge in [-0.2, -0.15) is 0 Å². The van der Waals surface area contributed by atoms with Crippen molar-refractivity contribution in [2.75, 3.05) is 39.3 Å². The summed E-state index contributed by atoms with van der Waals surface area (Å²) in [5, 5.41) is 0. The fourth-order valence-electron chi connectivity index (χ4n) is 6.39. The highest BCUT2D eigenvalue weighted by atomic mass is 16.6. The van der Waals surface area contributed by atoms with E-state index in [0.717, 1.165) is 18.8 Å². The average Bonchev–Trinajstić information content (AvgIpc) is 3.46. The van der Waals surface area contributed by atoms with Gasteiger partial charge in [0, 0.05) is 30.6 Å². The van der Waals surface area contributed by atoms with Crippen molar-refractivity contribution in [2.45, 2.75) is 70.0 Å². The van der Waals surface area contributed by atoms with E-state index in [1.807, 2.05) is 18.0 Å². The summed E-state index contributed by atoms with van der Waals surface area (Å²) in [5.74, 6) is 1.04. The molecule has 1 aromatic heterocycles. The summed E-state index contributed by atoms with van der Waals surface area (Å²) in [6, 6.07) is 1.79. The lowest BCUT2D eigenvalue weighted by Crippen LogP contribution is -2.58. The molecule has 2 unspecified atom stereocenters. The fourth-order valence-corrected chi connectivity index (χ4v) is 6.39. The number of rotatable bonds is 4. The predicted molar refractivity (Wildman–Crippen MR) is 108 cm³/mol. The van der Waals surface area contributed by atoms with Crippen LogP contribution in [0.1, 0.15) is 63.7 Å². The Morgan fingerprint density at radius 3 is 2.76 bits per heavy atom. The molecule has 0 bridgehead atoms. The topological polar surface area (TPSA) is 62.1 Å². The minimum atomic E-state index is -0.130. The van der Waals surface area contributed by atoms with E-state index in [4.69, 9.17) is 9.15 Å². The van der Waals surface area contributed by atoms with Crippen molar-refractivity contribution in [3.63, 3.8) is 0 Å². The van der Waals surface area contributed by atoms with E-state index >= 15 is 0 Å². The molecule has 0 radical (unpaired) electrons. The predicted octanol–water partition coefficient (Wildman–Crippen LogP) is 3.29. The standard InChI is InChI=1S/C22H34N4O3/c1-2-28-21(27)25-14-22(15-25)8-5-18(12-22)24-10-6-17(7-11-24)26-9-3-4-19(26)20-13-23-16-29-20/h13,16-19H,2-12,14-15H2,1H3. The quantitative estimate of drug-likeness (QED) is 0.770. The molecule has 0 N–H and O–H groups in total. The van der Waals surface area contributed by atoms with Crippen molar-refractivity contribution >= 4 is 6.09 Å². The van der Waals surface area contributed by atoms with Gasteiger partial charge >= 0.3 is 6.09 Å². The Labute approximate surface area is 173 Å². The highest BCUT2D eigenvalue weighted by Crippen LogP contribution is 2.48. The minimum Gasteiger partial charge on any atom is -0.450 e. The van der Waals surface area contributed by atoms with Crippen molar-refractivity contribution in [3.8, 4) is 0 Å². The number of aromatic nitrogens is 1. The van der Waals surface area contributed by atoms with Crippen LogP contribution in [-0.4, -0.2) is 77.2 Å². The summed E-state index contributed by atoms with van der Waals surface area (Å²) < 4.78 is 10.8. The molecular formula is C22H34N4O3. The van der Waals surface area contributed by atoms with Crippen LogP contribution < -0.4 is 0 Å². The van der Waals surface area contributed by atoms with E-state index in [1.165, 1.54) is 64.6 Å². The summed E-state index contributed by atoms with van der Waals surface area (Å²) in [5.41, 5.74) is 0.362. The Bertz CT molecular complexity index is 695. The molecule has 5 rings (SSSR count). The number of hydrogen-bond acceptors (Lipinski definition) is 6. The first-order chi connectivity index (χ1) is 14.2. The summed E-state index contributed by atoms with van der Waals surface area (Å²) in [4.78, 5) is 23.3. The van der Waals surface area contributed by atoms with Crippen molar-refractivity contribution < 1.29 is 13.9 Å². The molecule has 1 saturated carbocycles. The van der Waals surface area contributed by atoms with Gasteiger partial charge in [0.25, 0.3) is 0 Å². The van der Waals surface area contributed by atoms with Gasteiger partial charge in [-0.3, -0.25) is 4.90 Å². The maximum Gasteiger partial charge on any atom is 0.409 e. The molecule has 4 heterocycles. The molecule has 3 aliphatic heterocycles. The highest BCUT2D eigenvalue weighted by Gasteiger charge is 2.51. The molecule has 160 valence electrons. The summed E-state index contributed by atoms with van der Waals surface area (Å²) in [7, 11) is 0. The van der Waals surface area contributed by atoms with E-state index in [1.54, 1.807) is 6.39 Å². The van der Waals surface area contributed by atoms with Crippen molar-refractivity contribution in [2.24, 2.45) is 5.41 Å². The number of carbonyl (C=O) groups is 1. The second kappa shape index (κ2) is 7.91. The zero-order chi connectivity index (χ0) is 19.8. The van der Waals surface area contributed by atoms with Gasteiger partial charge in [-0.05, 0) is 71.5 Å². The third-order valence-electron chi connectivity index (χ3n) is 7.81. The number of likely N-dealkylation sites (tertiary alicyclic amines) is 3. The minimum absolute atomic E-state index is 0.130. The molecule has 7 heteroatoms. The molecule has 3 saturated heterocycles. The molecule has 2 atom stereocenters. The zero-order valence-corrected chi connectivity index (χ0v) is 17.6. The SMILES string of the molecule is CCOC(=O)N1CC2(CCC(N3CCC(N4CCCC4c4cnco4)CC3)C2)C1. The molecule has 29 heavy (non-hydrogen) atoms. The van der Waals surface area contributed by atoms with E-state index in [-0.39, 0.29) is 6.09 Å². The van der Waals surface area contributed by atoms with Crippen molar-refractivity contribution in [3.05, 3.63) is 18.4 Å². The molecule has 1 spiro atoms. The van der Waals surface area contributed by atoms with E-state index in [2.05, 4.69) is 14.8 Å². The van der Waals surface area contributed by atoms with Crippen LogP contribution in [0.5, 0.6) is 0 Å². The van der Waals surface area contributed by atoms with Gasteiger partial charge in [0.05, 0.1) is 18.8 Å². The van der Waals surface area contributed by atoms with Crippen LogP contribution in [0.25, 0.3) is 0 Å². The Morgan fingerprint density at radius 1 is 1.21 bits per heavy atom. The monoisotopic (exact) mass is 402 g/mol. The number of carbonyl (C=O) groups excluding carboxylic acids is 1. The van der Waals surface area contributed by atoms with Gasteiger partial charge in [0.15, 0.2) is 6.39 Å². The lowest BCUT2D eigenvalue weighted by Gasteiger charge is -2.48. The second-order valence-electron chi connectivity index (χ2n) is 9.52. The van der Waals surface area contributed by atoms with Crippen LogP contribution in [0.3, 0.4) is 0 Å². The number of piperidine rings is 1. The number of nitrogens with zero attached hydrogens (tertiary/aromatic N) is 4. The molecular weight excluding hydrogens is 368 g/mol. The molecule has 1 amide bonds. The van der Waals surface area contributed by atoms with Crippen LogP contribution in [0.4, 0.5) is 4.79 Å². The number of oxazole rings is 1. The van der Waals surface area contributed by atoms with Gasteiger partial charge in [0.2, 0.25) is 0 Å². The lowest BCUT2D eigenvalue weighted by atomic mass is 9.78. The number of amides is 1. The van der Waals surface area contributed by atoms with Gasteiger partial charge < -0.3 is 19.0 Å². The second-order valence-corrected chi connectivity index (χ2v) is 9.52. The van der Waals surface area contributed by atoms with Crippen LogP contribution >= 0.6 is 0 Å². The van der Waals surface area contributed by atoms with Crippen molar-refractivity contribution in [1.82, 2.24) is 19.7 Å². The van der Waals surface area contributed by atoms with E-state index < -0.39 is 0 Å². The molecule has 0 aromatic carbocycles. The van der Waals surface area contributed by atoms with Crippen LogP contribution in [-0.2, 0) is 4.74 Å². The van der Waals surface area contributed by atoms with Gasteiger partial charge in [-0.1, -0.05) is 0 Å². The van der Waals surface area contributed by atoms with Crippen LogP contribution in [0.2, 0.25) is 0 Å². The first kappa shape index (κ1) is 19.4. The Kier molecular flexibility index (Phi) is 5.28. The van der Waals surface area contributed by atoms with Gasteiger partial charge in [-0.15, -0.1) is 0 Å². The van der Waals surface area contributed by atoms with E-state index in [0.29, 0.717) is 30.1 Å². The zero-order valence-electron chi connectivity index (χ0n) is 17.6. The largest absolute Gasteiger partial charge is 0.450 e. The highest BCUT2D eigenvalue weighted by molar-refractivity contribution is 5.69. The summed E-state index contributed by atoms with van der Waals surface area (Å²) >= 11 is 0. The van der Waals surface area contributed by atoms with Gasteiger partial charge in [-0.25, -0.2) is 9.78 Å². The maximum atomic E-state index is 11.9. The van der Waals surface area contributed by atoms with E-state index in [9.17, 15) is 4.79 Å². The summed E-state index contributed by atoms with van der Waals surface area (Å²) in [6.45, 7) is 7.72. The van der Waals surface area contributed by atoms with Crippen LogP contribution in [0.15, 0.2) is 17.0 Å². The first-order valence-electron chi connectivity index (χ1n) is 11.5. The van der Waals surface area contributed by atoms with Crippen LogP contribution in [0, 0.1) is 5.41 Å². The molecule has 4 aliphatic rings. The third-order valence-corrected chi connectivity index (χ3v) is 7.81. The Hall–Kier alpha value is -1.60.